The molecule has 156 valence electrons. The number of nitrogens with zero attached hydrogens (tertiary/aromatic N) is 3. The first-order chi connectivity index (χ1) is 13.2. The number of piperazine rings is 1. The monoisotopic (exact) mass is 392 g/mol. The fraction of sp³-hybridized carbons (Fsp3) is 0.650. The summed E-state index contributed by atoms with van der Waals surface area (Å²) in [7, 11) is 1.33. The van der Waals surface area contributed by atoms with Gasteiger partial charge in [-0.15, -0.1) is 0 Å². The summed E-state index contributed by atoms with van der Waals surface area (Å²) in [5.74, 6) is -1.10. The predicted molar refractivity (Wildman–Crippen MR) is 105 cm³/mol. The predicted octanol–water partition coefficient (Wildman–Crippen LogP) is 0.437. The van der Waals surface area contributed by atoms with E-state index < -0.39 is 18.0 Å². The normalized spacial score (nSPS) is 18.3. The number of hydrogen-bond donors (Lipinski definition) is 2. The summed E-state index contributed by atoms with van der Waals surface area (Å²) in [5, 5.41) is 13.6. The molecule has 2 atom stereocenters. The Labute approximate surface area is 166 Å². The van der Waals surface area contributed by atoms with Crippen LogP contribution in [-0.4, -0.2) is 83.7 Å². The minimum atomic E-state index is -0.953. The number of carbonyl (C=O) groups is 2. The van der Waals surface area contributed by atoms with Gasteiger partial charge in [0.2, 0.25) is 5.91 Å². The van der Waals surface area contributed by atoms with Crippen molar-refractivity contribution in [1.29, 1.82) is 0 Å². The quantitative estimate of drug-likeness (QED) is 0.650. The maximum atomic E-state index is 12.3. The standard InChI is InChI=1S/C20H32N4O4/c1-20(2,3)22-17(25)14-24-11-9-23(10-12-24)13-16(19(27)28-4)18(26)15-5-7-21-8-6-15/h5-8,16,18,26H,9-14H2,1-4H3,(H,22,25). The molecule has 1 aromatic heterocycles. The number of aliphatic hydroxyl groups excluding tert-OH is 1. The van der Waals surface area contributed by atoms with Crippen molar-refractivity contribution < 1.29 is 19.4 Å². The molecular formula is C20H32N4O4. The average molecular weight is 393 g/mol. The van der Waals surface area contributed by atoms with E-state index in [2.05, 4.69) is 20.1 Å². The lowest BCUT2D eigenvalue weighted by Gasteiger charge is -2.36. The maximum absolute atomic E-state index is 12.3. The van der Waals surface area contributed by atoms with Crippen LogP contribution in [0, 0.1) is 5.92 Å². The van der Waals surface area contributed by atoms with Crippen molar-refractivity contribution in [3.8, 4) is 0 Å². The van der Waals surface area contributed by atoms with Crippen molar-refractivity contribution in [1.82, 2.24) is 20.1 Å². The average Bonchev–Trinajstić information content (AvgIpc) is 2.65. The van der Waals surface area contributed by atoms with Gasteiger partial charge in [-0.25, -0.2) is 0 Å². The van der Waals surface area contributed by atoms with E-state index in [4.69, 9.17) is 4.74 Å². The molecule has 2 heterocycles. The Hall–Kier alpha value is -2.03. The first-order valence-corrected chi connectivity index (χ1v) is 9.61. The molecule has 0 saturated carbocycles. The number of esters is 1. The maximum Gasteiger partial charge on any atom is 0.312 e. The zero-order valence-corrected chi connectivity index (χ0v) is 17.2. The molecule has 1 fully saturated rings. The largest absolute Gasteiger partial charge is 0.469 e. The van der Waals surface area contributed by atoms with E-state index in [1.807, 2.05) is 20.8 Å². The van der Waals surface area contributed by atoms with Gasteiger partial charge in [0.15, 0.2) is 0 Å². The second-order valence-electron chi connectivity index (χ2n) is 8.23. The molecule has 1 saturated heterocycles. The van der Waals surface area contributed by atoms with Crippen LogP contribution in [0.3, 0.4) is 0 Å². The smallest absolute Gasteiger partial charge is 0.312 e. The number of ether oxygens (including phenoxy) is 1. The van der Waals surface area contributed by atoms with Crippen LogP contribution in [0.4, 0.5) is 0 Å². The number of pyridine rings is 1. The van der Waals surface area contributed by atoms with Gasteiger partial charge in [0.05, 0.1) is 25.7 Å². The number of methoxy groups -OCH3 is 1. The van der Waals surface area contributed by atoms with Gasteiger partial charge in [-0.1, -0.05) is 0 Å². The van der Waals surface area contributed by atoms with E-state index in [0.717, 1.165) is 26.2 Å². The molecule has 0 aromatic carbocycles. The summed E-state index contributed by atoms with van der Waals surface area (Å²) in [5.41, 5.74) is 0.401. The summed E-state index contributed by atoms with van der Waals surface area (Å²) in [6, 6.07) is 3.40. The Morgan fingerprint density at radius 2 is 1.75 bits per heavy atom. The summed E-state index contributed by atoms with van der Waals surface area (Å²) >= 11 is 0. The van der Waals surface area contributed by atoms with Crippen molar-refractivity contribution in [2.24, 2.45) is 5.92 Å². The lowest BCUT2D eigenvalue weighted by molar-refractivity contribution is -0.151. The molecule has 28 heavy (non-hydrogen) atoms. The number of aliphatic hydroxyl groups is 1. The van der Waals surface area contributed by atoms with Crippen molar-refractivity contribution in [2.45, 2.75) is 32.4 Å². The minimum Gasteiger partial charge on any atom is -0.469 e. The third-order valence-corrected chi connectivity index (χ3v) is 4.73. The van der Waals surface area contributed by atoms with Gasteiger partial charge in [0.25, 0.3) is 0 Å². The molecule has 0 aliphatic carbocycles. The van der Waals surface area contributed by atoms with Crippen LogP contribution in [0.25, 0.3) is 0 Å². The fourth-order valence-corrected chi connectivity index (χ4v) is 3.32. The number of hydrogen-bond acceptors (Lipinski definition) is 7. The molecule has 8 nitrogen and oxygen atoms in total. The lowest BCUT2D eigenvalue weighted by atomic mass is 9.95. The van der Waals surface area contributed by atoms with E-state index in [1.54, 1.807) is 24.5 Å². The Bertz CT molecular complexity index is 639. The van der Waals surface area contributed by atoms with E-state index in [-0.39, 0.29) is 11.4 Å². The summed E-state index contributed by atoms with van der Waals surface area (Å²) in [6.45, 7) is 9.56. The Morgan fingerprint density at radius 3 is 2.29 bits per heavy atom. The Morgan fingerprint density at radius 1 is 1.18 bits per heavy atom. The van der Waals surface area contributed by atoms with Gasteiger partial charge in [-0.2, -0.15) is 0 Å². The fourth-order valence-electron chi connectivity index (χ4n) is 3.32. The molecule has 0 radical (unpaired) electrons. The van der Waals surface area contributed by atoms with Crippen molar-refractivity contribution in [2.75, 3.05) is 46.4 Å². The van der Waals surface area contributed by atoms with E-state index in [0.29, 0.717) is 18.7 Å². The van der Waals surface area contributed by atoms with Crippen molar-refractivity contribution >= 4 is 11.9 Å². The van der Waals surface area contributed by atoms with Gasteiger partial charge < -0.3 is 15.2 Å². The second-order valence-corrected chi connectivity index (χ2v) is 8.23. The molecule has 2 unspecified atom stereocenters. The third kappa shape index (κ3) is 6.85. The molecule has 1 aliphatic rings. The molecule has 2 N–H and O–H groups in total. The van der Waals surface area contributed by atoms with Crippen molar-refractivity contribution in [3.63, 3.8) is 0 Å². The molecule has 2 rings (SSSR count). The Kier molecular flexibility index (Phi) is 7.91. The lowest BCUT2D eigenvalue weighted by Crippen LogP contribution is -2.53. The van der Waals surface area contributed by atoms with E-state index in [9.17, 15) is 14.7 Å². The highest BCUT2D eigenvalue weighted by Crippen LogP contribution is 2.24. The highest BCUT2D eigenvalue weighted by atomic mass is 16.5. The zero-order chi connectivity index (χ0) is 20.7. The van der Waals surface area contributed by atoms with E-state index in [1.165, 1.54) is 7.11 Å². The summed E-state index contributed by atoms with van der Waals surface area (Å²) < 4.78 is 4.91. The number of aromatic nitrogens is 1. The molecule has 1 aromatic rings. The molecule has 0 bridgehead atoms. The van der Waals surface area contributed by atoms with Crippen LogP contribution in [0.1, 0.15) is 32.4 Å². The van der Waals surface area contributed by atoms with Crippen LogP contribution < -0.4 is 5.32 Å². The molecule has 8 heteroatoms. The van der Waals surface area contributed by atoms with Crippen molar-refractivity contribution in [3.05, 3.63) is 30.1 Å². The highest BCUT2D eigenvalue weighted by molar-refractivity contribution is 5.78. The number of amides is 1. The van der Waals surface area contributed by atoms with Crippen LogP contribution in [0.5, 0.6) is 0 Å². The van der Waals surface area contributed by atoms with Crippen LogP contribution in [-0.2, 0) is 14.3 Å². The van der Waals surface area contributed by atoms with Gasteiger partial charge in [0, 0.05) is 50.7 Å². The second kappa shape index (κ2) is 9.95. The third-order valence-electron chi connectivity index (χ3n) is 4.73. The number of nitrogens with one attached hydrogen (secondary N) is 1. The molecule has 1 amide bonds. The molecular weight excluding hydrogens is 360 g/mol. The molecule has 1 aliphatic heterocycles. The summed E-state index contributed by atoms with van der Waals surface area (Å²) in [6.07, 6.45) is 2.23. The number of rotatable bonds is 7. The number of carbonyl (C=O) groups excluding carboxylic acids is 2. The minimum absolute atomic E-state index is 0.0153. The van der Waals surface area contributed by atoms with Crippen LogP contribution in [0.2, 0.25) is 0 Å². The van der Waals surface area contributed by atoms with Crippen LogP contribution >= 0.6 is 0 Å². The first-order valence-electron chi connectivity index (χ1n) is 9.61. The summed E-state index contributed by atoms with van der Waals surface area (Å²) in [4.78, 5) is 32.5. The Balaban J connectivity index is 1.89. The van der Waals surface area contributed by atoms with Gasteiger partial charge in [-0.3, -0.25) is 24.4 Å². The first kappa shape index (κ1) is 22.3. The molecule has 0 spiro atoms. The highest BCUT2D eigenvalue weighted by Gasteiger charge is 2.32. The zero-order valence-electron chi connectivity index (χ0n) is 17.2. The van der Waals surface area contributed by atoms with Gasteiger partial charge >= 0.3 is 5.97 Å². The van der Waals surface area contributed by atoms with E-state index >= 15 is 0 Å². The van der Waals surface area contributed by atoms with Gasteiger partial charge in [0.1, 0.15) is 0 Å². The van der Waals surface area contributed by atoms with Gasteiger partial charge in [-0.05, 0) is 38.5 Å². The topological polar surface area (TPSA) is 95.0 Å². The van der Waals surface area contributed by atoms with Crippen LogP contribution in [0.15, 0.2) is 24.5 Å². The SMILES string of the molecule is COC(=O)C(CN1CCN(CC(=O)NC(C)(C)C)CC1)C(O)c1ccncc1.